The van der Waals surface area contributed by atoms with Crippen LogP contribution in [0.25, 0.3) is 10.9 Å². The number of anilines is 1. The van der Waals surface area contributed by atoms with Crippen LogP contribution in [0.5, 0.6) is 0 Å². The summed E-state index contributed by atoms with van der Waals surface area (Å²) in [7, 11) is 4.24. The van der Waals surface area contributed by atoms with Gasteiger partial charge in [0.15, 0.2) is 0 Å². The van der Waals surface area contributed by atoms with E-state index in [0.29, 0.717) is 0 Å². The molecule has 1 aliphatic heterocycles. The predicted octanol–water partition coefficient (Wildman–Crippen LogP) is 2.98. The van der Waals surface area contributed by atoms with Gasteiger partial charge in [-0.15, -0.1) is 0 Å². The second-order valence-corrected chi connectivity index (χ2v) is 8.75. The number of hydrogen-bond acceptors (Lipinski definition) is 6. The van der Waals surface area contributed by atoms with E-state index in [0.717, 1.165) is 75.2 Å². The van der Waals surface area contributed by atoms with Crippen LogP contribution in [0.1, 0.15) is 22.5 Å². The Morgan fingerprint density at radius 2 is 1.87 bits per heavy atom. The van der Waals surface area contributed by atoms with Crippen molar-refractivity contribution in [1.82, 2.24) is 24.8 Å². The number of rotatable bonds is 8. The molecule has 0 spiro atoms. The van der Waals surface area contributed by atoms with Gasteiger partial charge in [0.2, 0.25) is 0 Å². The third-order valence-corrected chi connectivity index (χ3v) is 5.90. The van der Waals surface area contributed by atoms with Gasteiger partial charge in [-0.2, -0.15) is 0 Å². The molecule has 0 bridgehead atoms. The number of fused-ring (bicyclic) bond motifs is 1. The number of imidazole rings is 1. The highest BCUT2D eigenvalue weighted by Crippen LogP contribution is 2.27. The first-order valence-electron chi connectivity index (χ1n) is 11.1. The van der Waals surface area contributed by atoms with Gasteiger partial charge in [-0.05, 0) is 45.6 Å². The van der Waals surface area contributed by atoms with Crippen molar-refractivity contribution < 1.29 is 4.74 Å². The van der Waals surface area contributed by atoms with Gasteiger partial charge in [-0.3, -0.25) is 4.90 Å². The zero-order valence-corrected chi connectivity index (χ0v) is 19.2. The van der Waals surface area contributed by atoms with E-state index in [1.807, 2.05) is 0 Å². The first-order chi connectivity index (χ1) is 15.0. The molecule has 31 heavy (non-hydrogen) atoms. The first kappa shape index (κ1) is 21.7. The van der Waals surface area contributed by atoms with Crippen LogP contribution in [0.15, 0.2) is 30.6 Å². The van der Waals surface area contributed by atoms with E-state index in [1.165, 1.54) is 16.5 Å². The summed E-state index contributed by atoms with van der Waals surface area (Å²) < 4.78 is 5.60. The highest BCUT2D eigenvalue weighted by atomic mass is 16.5. The number of H-pyrrole nitrogens is 1. The lowest BCUT2D eigenvalue weighted by atomic mass is 10.1. The van der Waals surface area contributed by atoms with Crippen molar-refractivity contribution in [3.63, 3.8) is 0 Å². The summed E-state index contributed by atoms with van der Waals surface area (Å²) in [5.74, 6) is 1.09. The van der Waals surface area contributed by atoms with Crippen LogP contribution in [0.2, 0.25) is 0 Å². The predicted molar refractivity (Wildman–Crippen MR) is 126 cm³/mol. The number of hydrogen-bond donors (Lipinski definition) is 1. The van der Waals surface area contributed by atoms with Gasteiger partial charge in [-0.1, -0.05) is 12.1 Å². The topological polar surface area (TPSA) is 60.5 Å². The molecule has 0 aliphatic carbocycles. The second kappa shape index (κ2) is 9.77. The molecular formula is C24H34N6O. The number of aryl methyl sites for hydroxylation is 2. The van der Waals surface area contributed by atoms with Crippen LogP contribution in [0.3, 0.4) is 0 Å². The molecule has 0 atom stereocenters. The number of nitrogens with zero attached hydrogens (tertiary/aromatic N) is 5. The molecule has 0 unspecified atom stereocenters. The van der Waals surface area contributed by atoms with Crippen molar-refractivity contribution in [2.24, 2.45) is 0 Å². The maximum Gasteiger partial charge on any atom is 0.133 e. The number of benzene rings is 1. The molecule has 4 rings (SSSR count). The zero-order chi connectivity index (χ0) is 21.8. The molecule has 0 saturated carbocycles. The van der Waals surface area contributed by atoms with Crippen LogP contribution in [0.4, 0.5) is 5.82 Å². The number of ether oxygens (including phenoxy) is 1. The Bertz CT molecular complexity index is 1010. The van der Waals surface area contributed by atoms with E-state index in [9.17, 15) is 0 Å². The molecular weight excluding hydrogens is 388 g/mol. The van der Waals surface area contributed by atoms with Crippen molar-refractivity contribution in [2.75, 3.05) is 58.4 Å². The van der Waals surface area contributed by atoms with Crippen molar-refractivity contribution >= 4 is 16.7 Å². The van der Waals surface area contributed by atoms with E-state index < -0.39 is 0 Å². The SMILES string of the molecule is Cc1ccc2cc(CN(CCN(C)C)Cc3nc[nH]c3C)c(N3CCOCC3)nc2c1. The van der Waals surface area contributed by atoms with E-state index >= 15 is 0 Å². The van der Waals surface area contributed by atoms with Crippen LogP contribution < -0.4 is 4.90 Å². The molecule has 3 aromatic rings. The van der Waals surface area contributed by atoms with Gasteiger partial charge in [0, 0.05) is 55.9 Å². The molecule has 3 heterocycles. The van der Waals surface area contributed by atoms with Crippen LogP contribution >= 0.6 is 0 Å². The Morgan fingerprint density at radius 3 is 2.58 bits per heavy atom. The molecule has 1 aliphatic rings. The Hall–Kier alpha value is -2.48. The lowest BCUT2D eigenvalue weighted by molar-refractivity contribution is 0.122. The number of morpholine rings is 1. The summed E-state index contributed by atoms with van der Waals surface area (Å²) in [4.78, 5) is 20.0. The minimum Gasteiger partial charge on any atom is -0.378 e. The zero-order valence-electron chi connectivity index (χ0n) is 19.2. The number of aromatic nitrogens is 3. The average Bonchev–Trinajstić information content (AvgIpc) is 3.16. The summed E-state index contributed by atoms with van der Waals surface area (Å²) in [5.41, 5.74) is 5.81. The van der Waals surface area contributed by atoms with Crippen LogP contribution in [0, 0.1) is 13.8 Å². The summed E-state index contributed by atoms with van der Waals surface area (Å²) in [6.07, 6.45) is 1.79. The van der Waals surface area contributed by atoms with Gasteiger partial charge < -0.3 is 19.5 Å². The summed E-state index contributed by atoms with van der Waals surface area (Å²) in [5, 5.41) is 1.20. The fourth-order valence-electron chi connectivity index (χ4n) is 4.03. The van der Waals surface area contributed by atoms with Crippen molar-refractivity contribution in [1.29, 1.82) is 0 Å². The number of likely N-dealkylation sites (N-methyl/N-ethyl adjacent to an activating group) is 1. The third-order valence-electron chi connectivity index (χ3n) is 5.90. The lowest BCUT2D eigenvalue weighted by Gasteiger charge is -2.31. The minimum atomic E-state index is 0.754. The van der Waals surface area contributed by atoms with Crippen LogP contribution in [-0.4, -0.2) is 78.2 Å². The largest absolute Gasteiger partial charge is 0.378 e. The standard InChI is InChI=1S/C24H34N6O/c1-18-5-6-20-14-21(24(27-22(20)13-18)30-9-11-31-12-10-30)15-29(8-7-28(3)4)16-23-19(2)25-17-26-23/h5-6,13-14,17H,7-12,15-16H2,1-4H3,(H,25,26). The molecule has 7 nitrogen and oxygen atoms in total. The maximum absolute atomic E-state index is 5.60. The van der Waals surface area contributed by atoms with Crippen LogP contribution in [-0.2, 0) is 17.8 Å². The monoisotopic (exact) mass is 422 g/mol. The number of nitrogens with one attached hydrogen (secondary N) is 1. The lowest BCUT2D eigenvalue weighted by Crippen LogP contribution is -2.38. The Labute approximate surface area is 185 Å². The van der Waals surface area contributed by atoms with E-state index in [4.69, 9.17) is 9.72 Å². The summed E-state index contributed by atoms with van der Waals surface area (Å²) in [6.45, 7) is 11.1. The quantitative estimate of drug-likeness (QED) is 0.602. The Balaban J connectivity index is 1.68. The fraction of sp³-hybridized carbons (Fsp3) is 0.500. The van der Waals surface area contributed by atoms with E-state index in [1.54, 1.807) is 6.33 Å². The molecule has 1 aromatic carbocycles. The smallest absolute Gasteiger partial charge is 0.133 e. The molecule has 0 radical (unpaired) electrons. The number of pyridine rings is 1. The molecule has 166 valence electrons. The van der Waals surface area contributed by atoms with Gasteiger partial charge in [0.25, 0.3) is 0 Å². The Kier molecular flexibility index (Phi) is 6.85. The summed E-state index contributed by atoms with van der Waals surface area (Å²) >= 11 is 0. The normalized spacial score (nSPS) is 14.8. The van der Waals surface area contributed by atoms with Gasteiger partial charge >= 0.3 is 0 Å². The fourth-order valence-corrected chi connectivity index (χ4v) is 4.03. The van der Waals surface area contributed by atoms with E-state index in [-0.39, 0.29) is 0 Å². The molecule has 1 fully saturated rings. The number of aromatic amines is 1. The van der Waals surface area contributed by atoms with Crippen molar-refractivity contribution in [3.8, 4) is 0 Å². The Morgan fingerprint density at radius 1 is 1.06 bits per heavy atom. The summed E-state index contributed by atoms with van der Waals surface area (Å²) in [6, 6.07) is 8.86. The molecule has 1 saturated heterocycles. The van der Waals surface area contributed by atoms with Crippen molar-refractivity contribution in [2.45, 2.75) is 26.9 Å². The van der Waals surface area contributed by atoms with Gasteiger partial charge in [-0.25, -0.2) is 9.97 Å². The molecule has 2 aromatic heterocycles. The molecule has 0 amide bonds. The van der Waals surface area contributed by atoms with E-state index in [2.05, 4.69) is 76.9 Å². The van der Waals surface area contributed by atoms with Crippen molar-refractivity contribution in [3.05, 3.63) is 53.1 Å². The molecule has 7 heteroatoms. The first-order valence-corrected chi connectivity index (χ1v) is 11.1. The molecule has 1 N–H and O–H groups in total. The minimum absolute atomic E-state index is 0.754. The maximum atomic E-state index is 5.60. The highest BCUT2D eigenvalue weighted by Gasteiger charge is 2.20. The third kappa shape index (κ3) is 5.42. The average molecular weight is 423 g/mol. The van der Waals surface area contributed by atoms with Gasteiger partial charge in [0.1, 0.15) is 5.82 Å². The van der Waals surface area contributed by atoms with Gasteiger partial charge in [0.05, 0.1) is 30.8 Å². The highest BCUT2D eigenvalue weighted by molar-refractivity contribution is 5.82. The second-order valence-electron chi connectivity index (χ2n) is 8.75.